The van der Waals surface area contributed by atoms with Gasteiger partial charge in [-0.05, 0) is 39.2 Å². The van der Waals surface area contributed by atoms with Crippen molar-refractivity contribution in [2.45, 2.75) is 78.8 Å². The van der Waals surface area contributed by atoms with Gasteiger partial charge in [0.25, 0.3) is 0 Å². The third-order valence-corrected chi connectivity index (χ3v) is 5.69. The van der Waals surface area contributed by atoms with Crippen LogP contribution >= 0.6 is 0 Å². The Balaban J connectivity index is 2.36. The minimum absolute atomic E-state index is 0.0219. The van der Waals surface area contributed by atoms with E-state index in [1.807, 2.05) is 25.3 Å². The van der Waals surface area contributed by atoms with Gasteiger partial charge in [0.1, 0.15) is 5.69 Å². The van der Waals surface area contributed by atoms with Crippen LogP contribution in [0, 0.1) is 13.8 Å². The van der Waals surface area contributed by atoms with E-state index in [0.717, 1.165) is 31.4 Å². The smallest absolute Gasteiger partial charge is 0.354 e. The number of methoxy groups -OCH3 is 1. The highest BCUT2D eigenvalue weighted by Crippen LogP contribution is 2.27. The van der Waals surface area contributed by atoms with Crippen LogP contribution in [0.2, 0.25) is 0 Å². The average molecular weight is 376 g/mol. The summed E-state index contributed by atoms with van der Waals surface area (Å²) in [5, 5.41) is 0. The zero-order valence-electron chi connectivity index (χ0n) is 17.3. The van der Waals surface area contributed by atoms with Gasteiger partial charge in [0, 0.05) is 30.3 Å². The fourth-order valence-electron chi connectivity index (χ4n) is 4.31. The van der Waals surface area contributed by atoms with E-state index in [9.17, 15) is 14.4 Å². The van der Waals surface area contributed by atoms with Crippen LogP contribution in [0.4, 0.5) is 0 Å². The Hall–Kier alpha value is -2.11. The van der Waals surface area contributed by atoms with Gasteiger partial charge in [-0.25, -0.2) is 4.79 Å². The molecule has 0 aromatic carbocycles. The number of amides is 1. The van der Waals surface area contributed by atoms with Gasteiger partial charge in [-0.1, -0.05) is 26.2 Å². The quantitative estimate of drug-likeness (QED) is 0.538. The van der Waals surface area contributed by atoms with Crippen molar-refractivity contribution in [3.63, 3.8) is 0 Å². The number of hydrogen-bond donors (Lipinski definition) is 0. The number of nitrogens with zero attached hydrogens (tertiary/aromatic N) is 2. The van der Waals surface area contributed by atoms with Gasteiger partial charge in [0.2, 0.25) is 5.91 Å². The summed E-state index contributed by atoms with van der Waals surface area (Å²) in [6.45, 7) is 8.05. The second kappa shape index (κ2) is 9.20. The largest absolute Gasteiger partial charge is 0.464 e. The van der Waals surface area contributed by atoms with Crippen LogP contribution in [0.15, 0.2) is 0 Å². The minimum Gasteiger partial charge on any atom is -0.464 e. The van der Waals surface area contributed by atoms with Crippen molar-refractivity contribution in [3.8, 4) is 0 Å². The molecule has 0 saturated heterocycles. The molecule has 150 valence electrons. The van der Waals surface area contributed by atoms with E-state index in [2.05, 4.69) is 0 Å². The number of rotatable bonds is 7. The lowest BCUT2D eigenvalue weighted by atomic mass is 9.93. The molecule has 2 rings (SSSR count). The van der Waals surface area contributed by atoms with Crippen molar-refractivity contribution in [3.05, 3.63) is 22.5 Å². The monoisotopic (exact) mass is 376 g/mol. The lowest BCUT2D eigenvalue weighted by Gasteiger charge is -2.34. The molecule has 6 heteroatoms. The summed E-state index contributed by atoms with van der Waals surface area (Å²) < 4.78 is 6.72. The second-order valence-electron chi connectivity index (χ2n) is 7.26. The molecule has 1 fully saturated rings. The highest BCUT2D eigenvalue weighted by Gasteiger charge is 2.30. The first-order valence-corrected chi connectivity index (χ1v) is 9.97. The molecule has 1 aliphatic carbocycles. The molecule has 0 aliphatic heterocycles. The van der Waals surface area contributed by atoms with Crippen LogP contribution in [-0.4, -0.2) is 46.8 Å². The van der Waals surface area contributed by atoms with Gasteiger partial charge in [0.15, 0.2) is 5.78 Å². The van der Waals surface area contributed by atoms with Crippen molar-refractivity contribution in [1.82, 2.24) is 9.47 Å². The number of carbonyl (C=O) groups is 3. The molecular weight excluding hydrogens is 344 g/mol. The van der Waals surface area contributed by atoms with Crippen LogP contribution in [0.5, 0.6) is 0 Å². The van der Waals surface area contributed by atoms with Crippen molar-refractivity contribution in [1.29, 1.82) is 0 Å². The van der Waals surface area contributed by atoms with Crippen molar-refractivity contribution < 1.29 is 19.1 Å². The summed E-state index contributed by atoms with van der Waals surface area (Å²) in [7, 11) is 1.34. The van der Waals surface area contributed by atoms with Crippen molar-refractivity contribution in [2.75, 3.05) is 13.7 Å². The summed E-state index contributed by atoms with van der Waals surface area (Å²) >= 11 is 0. The third kappa shape index (κ3) is 4.25. The van der Waals surface area contributed by atoms with Crippen LogP contribution < -0.4 is 0 Å². The Morgan fingerprint density at radius 1 is 1.11 bits per heavy atom. The number of carbonyl (C=O) groups excluding carboxylic acids is 3. The molecule has 1 amide bonds. The van der Waals surface area contributed by atoms with Crippen LogP contribution in [-0.2, 0) is 16.1 Å². The molecule has 27 heavy (non-hydrogen) atoms. The predicted octanol–water partition coefficient (Wildman–Crippen LogP) is 3.67. The van der Waals surface area contributed by atoms with E-state index < -0.39 is 5.97 Å². The maximum atomic E-state index is 13.2. The van der Waals surface area contributed by atoms with E-state index >= 15 is 0 Å². The molecule has 0 radical (unpaired) electrons. The first kappa shape index (κ1) is 21.2. The lowest BCUT2D eigenvalue weighted by Crippen LogP contribution is -2.44. The van der Waals surface area contributed by atoms with E-state index in [4.69, 9.17) is 4.74 Å². The van der Waals surface area contributed by atoms with E-state index in [0.29, 0.717) is 29.8 Å². The Bertz CT molecular complexity index is 714. The van der Waals surface area contributed by atoms with Gasteiger partial charge in [-0.15, -0.1) is 0 Å². The van der Waals surface area contributed by atoms with E-state index in [-0.39, 0.29) is 24.3 Å². The molecule has 0 unspecified atom stereocenters. The summed E-state index contributed by atoms with van der Waals surface area (Å²) in [6.07, 6.45) is 5.71. The molecule has 1 heterocycles. The summed E-state index contributed by atoms with van der Waals surface area (Å²) in [5.74, 6) is -0.520. The fraction of sp³-hybridized carbons (Fsp3) is 0.667. The molecule has 0 spiro atoms. The molecule has 1 aromatic heterocycles. The zero-order valence-corrected chi connectivity index (χ0v) is 17.3. The molecule has 1 aromatic rings. The topological polar surface area (TPSA) is 68.6 Å². The minimum atomic E-state index is -0.440. The number of Topliss-reactive ketones (excluding diaryl/α,β-unsaturated/α-hetero) is 1. The van der Waals surface area contributed by atoms with Crippen LogP contribution in [0.1, 0.15) is 84.5 Å². The second-order valence-corrected chi connectivity index (χ2v) is 7.26. The van der Waals surface area contributed by atoms with E-state index in [1.165, 1.54) is 13.5 Å². The molecule has 1 aliphatic rings. The lowest BCUT2D eigenvalue weighted by molar-refractivity contribution is -0.133. The zero-order chi connectivity index (χ0) is 20.1. The number of ketones is 1. The van der Waals surface area contributed by atoms with Crippen LogP contribution in [0.25, 0.3) is 0 Å². The third-order valence-electron chi connectivity index (χ3n) is 5.69. The SMILES string of the molecule is CCC(=O)N(CC(=O)c1c(C)c(C(=O)OC)n(CC)c1C)C1CCCCC1. The van der Waals surface area contributed by atoms with Gasteiger partial charge in [-0.2, -0.15) is 0 Å². The first-order chi connectivity index (χ1) is 12.9. The summed E-state index contributed by atoms with van der Waals surface area (Å²) in [4.78, 5) is 39.7. The summed E-state index contributed by atoms with van der Waals surface area (Å²) in [5.41, 5.74) is 2.36. The fourth-order valence-corrected chi connectivity index (χ4v) is 4.31. The molecule has 1 saturated carbocycles. The Morgan fingerprint density at radius 2 is 1.74 bits per heavy atom. The highest BCUT2D eigenvalue weighted by atomic mass is 16.5. The Morgan fingerprint density at radius 3 is 2.26 bits per heavy atom. The highest BCUT2D eigenvalue weighted by molar-refractivity contribution is 6.04. The van der Waals surface area contributed by atoms with Gasteiger partial charge in [-0.3, -0.25) is 9.59 Å². The van der Waals surface area contributed by atoms with Crippen LogP contribution in [0.3, 0.4) is 0 Å². The molecule has 6 nitrogen and oxygen atoms in total. The maximum Gasteiger partial charge on any atom is 0.354 e. The molecular formula is C21H32N2O4. The maximum absolute atomic E-state index is 13.2. The first-order valence-electron chi connectivity index (χ1n) is 9.97. The van der Waals surface area contributed by atoms with Gasteiger partial charge < -0.3 is 14.2 Å². The molecule has 0 N–H and O–H groups in total. The molecule has 0 bridgehead atoms. The van der Waals surface area contributed by atoms with Crippen molar-refractivity contribution in [2.24, 2.45) is 0 Å². The van der Waals surface area contributed by atoms with Crippen molar-refractivity contribution >= 4 is 17.7 Å². The summed E-state index contributed by atoms with van der Waals surface area (Å²) in [6, 6.07) is 0.143. The number of aromatic nitrogens is 1. The van der Waals surface area contributed by atoms with Gasteiger partial charge >= 0.3 is 5.97 Å². The standard InChI is InChI=1S/C21H32N2O4/c1-6-18(25)23(16-11-9-8-10-12-16)13-17(24)19-14(3)20(21(26)27-5)22(7-2)15(19)4/h16H,6-13H2,1-5H3. The Kier molecular flexibility index (Phi) is 7.22. The average Bonchev–Trinajstić information content (AvgIpc) is 2.94. The normalized spacial score (nSPS) is 14.9. The Labute approximate surface area is 161 Å². The molecule has 0 atom stereocenters. The number of esters is 1. The van der Waals surface area contributed by atoms with Gasteiger partial charge in [0.05, 0.1) is 13.7 Å². The number of hydrogen-bond acceptors (Lipinski definition) is 4. The predicted molar refractivity (Wildman–Crippen MR) is 104 cm³/mol. The number of ether oxygens (including phenoxy) is 1. The van der Waals surface area contributed by atoms with E-state index in [1.54, 1.807) is 11.8 Å².